The van der Waals surface area contributed by atoms with Crippen molar-refractivity contribution in [3.63, 3.8) is 0 Å². The quantitative estimate of drug-likeness (QED) is 0.839. The summed E-state index contributed by atoms with van der Waals surface area (Å²) in [4.78, 5) is 12.5. The summed E-state index contributed by atoms with van der Waals surface area (Å²) in [6.45, 7) is 4.20. The van der Waals surface area contributed by atoms with Crippen LogP contribution in [0.3, 0.4) is 0 Å². The number of nitrogens with one attached hydrogen (secondary N) is 1. The molecule has 0 saturated heterocycles. The zero-order chi connectivity index (χ0) is 16.8. The van der Waals surface area contributed by atoms with Gasteiger partial charge in [-0.15, -0.1) is 0 Å². The zero-order valence-corrected chi connectivity index (χ0v) is 13.9. The van der Waals surface area contributed by atoms with Crippen LogP contribution in [-0.4, -0.2) is 25.3 Å². The third kappa shape index (κ3) is 3.64. The molecular weight excluding hydrogens is 296 g/mol. The van der Waals surface area contributed by atoms with Crippen molar-refractivity contribution in [3.05, 3.63) is 35.5 Å². The van der Waals surface area contributed by atoms with Gasteiger partial charge in [-0.2, -0.15) is 0 Å². The molecule has 0 bridgehead atoms. The molecule has 124 valence electrons. The molecule has 6 heteroatoms. The molecule has 1 N–H and O–H groups in total. The van der Waals surface area contributed by atoms with E-state index in [0.29, 0.717) is 28.9 Å². The number of amides is 1. The van der Waals surface area contributed by atoms with Crippen LogP contribution in [0.2, 0.25) is 0 Å². The summed E-state index contributed by atoms with van der Waals surface area (Å²) in [6, 6.07) is 6.92. The topological polar surface area (TPSA) is 73.6 Å². The molecular formula is C17H22N2O4. The van der Waals surface area contributed by atoms with Crippen molar-refractivity contribution in [2.45, 2.75) is 32.6 Å². The molecule has 0 saturated carbocycles. The molecule has 0 unspecified atom stereocenters. The summed E-state index contributed by atoms with van der Waals surface area (Å²) >= 11 is 0. The van der Waals surface area contributed by atoms with Crippen LogP contribution in [0.25, 0.3) is 0 Å². The Morgan fingerprint density at radius 1 is 1.22 bits per heavy atom. The Morgan fingerprint density at radius 2 is 1.83 bits per heavy atom. The smallest absolute Gasteiger partial charge is 0.265 e. The highest BCUT2D eigenvalue weighted by atomic mass is 16.5. The van der Waals surface area contributed by atoms with E-state index < -0.39 is 0 Å². The van der Waals surface area contributed by atoms with Gasteiger partial charge in [-0.3, -0.25) is 10.1 Å². The first-order chi connectivity index (χ1) is 11.1. The molecule has 2 aromatic rings. The van der Waals surface area contributed by atoms with E-state index in [1.165, 1.54) is 14.2 Å². The van der Waals surface area contributed by atoms with Crippen molar-refractivity contribution < 1.29 is 18.8 Å². The summed E-state index contributed by atoms with van der Waals surface area (Å²) in [5.74, 6) is 1.13. The van der Waals surface area contributed by atoms with Crippen LogP contribution >= 0.6 is 0 Å². The normalized spacial score (nSPS) is 10.7. The average molecular weight is 318 g/mol. The van der Waals surface area contributed by atoms with E-state index in [9.17, 15) is 4.79 Å². The fraction of sp³-hybridized carbons (Fsp3) is 0.412. The predicted octanol–water partition coefficient (Wildman–Crippen LogP) is 3.85. The number of aromatic nitrogens is 1. The molecule has 6 nitrogen and oxygen atoms in total. The number of ether oxygens (including phenoxy) is 2. The van der Waals surface area contributed by atoms with Gasteiger partial charge in [0.15, 0.2) is 0 Å². The first kappa shape index (κ1) is 16.9. The number of rotatable bonds is 7. The van der Waals surface area contributed by atoms with E-state index in [2.05, 4.69) is 24.3 Å². The Labute approximate surface area is 135 Å². The van der Waals surface area contributed by atoms with Gasteiger partial charge in [-0.05, 0) is 25.0 Å². The van der Waals surface area contributed by atoms with E-state index in [1.54, 1.807) is 24.3 Å². The number of benzene rings is 1. The van der Waals surface area contributed by atoms with Crippen molar-refractivity contribution in [2.75, 3.05) is 19.5 Å². The molecule has 0 aliphatic carbocycles. The largest absolute Gasteiger partial charge is 0.496 e. The lowest BCUT2D eigenvalue weighted by atomic mass is 10.00. The van der Waals surface area contributed by atoms with Crippen molar-refractivity contribution in [2.24, 2.45) is 0 Å². The molecule has 0 aliphatic rings. The molecule has 0 fully saturated rings. The molecule has 0 spiro atoms. The Kier molecular flexibility index (Phi) is 5.62. The van der Waals surface area contributed by atoms with Crippen LogP contribution in [0.1, 0.15) is 48.7 Å². The highest BCUT2D eigenvalue weighted by Crippen LogP contribution is 2.30. The van der Waals surface area contributed by atoms with Gasteiger partial charge in [-0.1, -0.05) is 25.1 Å². The molecule has 2 rings (SSSR count). The Morgan fingerprint density at radius 3 is 2.35 bits per heavy atom. The van der Waals surface area contributed by atoms with Gasteiger partial charge in [0.2, 0.25) is 5.88 Å². The highest BCUT2D eigenvalue weighted by molar-refractivity contribution is 6.07. The maximum atomic E-state index is 12.5. The van der Waals surface area contributed by atoms with Crippen LogP contribution in [-0.2, 0) is 0 Å². The van der Waals surface area contributed by atoms with Gasteiger partial charge >= 0.3 is 0 Å². The Balaban J connectivity index is 2.23. The van der Waals surface area contributed by atoms with Crippen LogP contribution in [0.5, 0.6) is 11.5 Å². The van der Waals surface area contributed by atoms with Crippen LogP contribution < -0.4 is 14.8 Å². The lowest BCUT2D eigenvalue weighted by molar-refractivity contribution is 0.101. The molecule has 1 aromatic heterocycles. The number of hydrogen-bond acceptors (Lipinski definition) is 5. The molecule has 0 aliphatic heterocycles. The van der Waals surface area contributed by atoms with E-state index >= 15 is 0 Å². The summed E-state index contributed by atoms with van der Waals surface area (Å²) in [5, 5.41) is 6.74. The van der Waals surface area contributed by atoms with Crippen molar-refractivity contribution in [3.8, 4) is 11.5 Å². The lowest BCUT2D eigenvalue weighted by Crippen LogP contribution is -2.14. The molecule has 23 heavy (non-hydrogen) atoms. The maximum Gasteiger partial charge on any atom is 0.265 e. The number of methoxy groups -OCH3 is 2. The van der Waals surface area contributed by atoms with Crippen molar-refractivity contribution >= 4 is 11.8 Å². The molecule has 1 amide bonds. The first-order valence-electron chi connectivity index (χ1n) is 7.63. The second-order valence-corrected chi connectivity index (χ2v) is 5.12. The Hall–Kier alpha value is -2.50. The fourth-order valence-electron chi connectivity index (χ4n) is 2.50. The monoisotopic (exact) mass is 318 g/mol. The second-order valence-electron chi connectivity index (χ2n) is 5.12. The lowest BCUT2D eigenvalue weighted by Gasteiger charge is -2.11. The van der Waals surface area contributed by atoms with Gasteiger partial charge < -0.3 is 14.0 Å². The average Bonchev–Trinajstić information content (AvgIpc) is 3.03. The summed E-state index contributed by atoms with van der Waals surface area (Å²) < 4.78 is 15.7. The third-order valence-corrected chi connectivity index (χ3v) is 3.82. The second kappa shape index (κ2) is 7.67. The van der Waals surface area contributed by atoms with Crippen molar-refractivity contribution in [1.82, 2.24) is 5.16 Å². The van der Waals surface area contributed by atoms with E-state index in [0.717, 1.165) is 18.5 Å². The zero-order valence-electron chi connectivity index (χ0n) is 13.9. The van der Waals surface area contributed by atoms with Crippen LogP contribution in [0.4, 0.5) is 5.88 Å². The minimum Gasteiger partial charge on any atom is -0.496 e. The summed E-state index contributed by atoms with van der Waals surface area (Å²) in [5.41, 5.74) is 1.16. The summed E-state index contributed by atoms with van der Waals surface area (Å²) in [6.07, 6.45) is 1.94. The summed E-state index contributed by atoms with van der Waals surface area (Å²) in [7, 11) is 3.01. The van der Waals surface area contributed by atoms with Gasteiger partial charge in [0.05, 0.1) is 19.9 Å². The number of carbonyl (C=O) groups is 1. The molecule has 1 aromatic carbocycles. The van der Waals surface area contributed by atoms with E-state index in [1.807, 2.05) is 0 Å². The SMILES string of the molecule is CCC(CC)c1cc(NC(=O)c2c(OC)cccc2OC)on1. The predicted molar refractivity (Wildman–Crippen MR) is 87.3 cm³/mol. The van der Waals surface area contributed by atoms with Crippen molar-refractivity contribution in [1.29, 1.82) is 0 Å². The fourth-order valence-corrected chi connectivity index (χ4v) is 2.50. The van der Waals surface area contributed by atoms with Gasteiger partial charge in [-0.25, -0.2) is 0 Å². The van der Waals surface area contributed by atoms with E-state index in [4.69, 9.17) is 14.0 Å². The van der Waals surface area contributed by atoms with Crippen LogP contribution in [0.15, 0.2) is 28.8 Å². The molecule has 0 radical (unpaired) electrons. The maximum absolute atomic E-state index is 12.5. The number of hydrogen-bond donors (Lipinski definition) is 1. The van der Waals surface area contributed by atoms with Gasteiger partial charge in [0, 0.05) is 12.0 Å². The molecule has 1 heterocycles. The van der Waals surface area contributed by atoms with Gasteiger partial charge in [0.1, 0.15) is 17.1 Å². The minimum atomic E-state index is -0.369. The Bertz CT molecular complexity index is 640. The van der Waals surface area contributed by atoms with Crippen LogP contribution in [0, 0.1) is 0 Å². The number of nitrogens with zero attached hydrogens (tertiary/aromatic N) is 1. The number of anilines is 1. The highest BCUT2D eigenvalue weighted by Gasteiger charge is 2.20. The number of carbonyl (C=O) groups excluding carboxylic acids is 1. The molecule has 0 atom stereocenters. The minimum absolute atomic E-state index is 0.310. The third-order valence-electron chi connectivity index (χ3n) is 3.82. The first-order valence-corrected chi connectivity index (χ1v) is 7.63. The van der Waals surface area contributed by atoms with Gasteiger partial charge in [0.25, 0.3) is 5.91 Å². The van der Waals surface area contributed by atoms with E-state index in [-0.39, 0.29) is 5.91 Å². The standard InChI is InChI=1S/C17H22N2O4/c1-5-11(6-2)12-10-15(23-19-12)18-17(20)16-13(21-3)8-7-9-14(16)22-4/h7-11H,5-6H2,1-4H3,(H,18,20).